The van der Waals surface area contributed by atoms with E-state index < -0.39 is 0 Å². The van der Waals surface area contributed by atoms with Crippen molar-refractivity contribution in [2.24, 2.45) is 0 Å². The number of anilines is 2. The molecule has 0 spiro atoms. The van der Waals surface area contributed by atoms with E-state index in [0.29, 0.717) is 17.1 Å². The van der Waals surface area contributed by atoms with E-state index in [2.05, 4.69) is 10.6 Å². The first-order valence-corrected chi connectivity index (χ1v) is 7.32. The van der Waals surface area contributed by atoms with Crippen molar-refractivity contribution in [3.05, 3.63) is 53.6 Å². The zero-order valence-corrected chi connectivity index (χ0v) is 13.5. The normalized spacial score (nSPS) is 10.0. The molecule has 2 aromatic rings. The molecule has 2 aromatic carbocycles. The Balaban J connectivity index is 1.94. The van der Waals surface area contributed by atoms with E-state index >= 15 is 0 Å². The van der Waals surface area contributed by atoms with Crippen molar-refractivity contribution in [1.29, 1.82) is 0 Å². The minimum Gasteiger partial charge on any atom is -0.483 e. The van der Waals surface area contributed by atoms with Gasteiger partial charge in [0.25, 0.3) is 5.91 Å². The fraction of sp³-hybridized carbons (Fsp3) is 0.222. The number of amides is 2. The van der Waals surface area contributed by atoms with Crippen molar-refractivity contribution in [2.45, 2.75) is 20.8 Å². The maximum absolute atomic E-state index is 12.0. The molecule has 0 fully saturated rings. The van der Waals surface area contributed by atoms with Crippen molar-refractivity contribution in [3.8, 4) is 5.75 Å². The summed E-state index contributed by atoms with van der Waals surface area (Å²) in [5.74, 6) is 0.282. The number of benzene rings is 2. The highest BCUT2D eigenvalue weighted by Crippen LogP contribution is 2.20. The summed E-state index contributed by atoms with van der Waals surface area (Å²) in [5.41, 5.74) is 3.37. The predicted octanol–water partition coefficient (Wildman–Crippen LogP) is 3.28. The zero-order chi connectivity index (χ0) is 16.8. The third-order valence-corrected chi connectivity index (χ3v) is 3.38. The number of carbonyl (C=O) groups is 2. The number of ether oxygens (including phenoxy) is 1. The van der Waals surface area contributed by atoms with Gasteiger partial charge in [0.2, 0.25) is 5.91 Å². The predicted molar refractivity (Wildman–Crippen MR) is 90.8 cm³/mol. The van der Waals surface area contributed by atoms with Crippen LogP contribution in [0, 0.1) is 13.8 Å². The van der Waals surface area contributed by atoms with Crippen molar-refractivity contribution >= 4 is 23.2 Å². The first-order chi connectivity index (χ1) is 11.0. The largest absolute Gasteiger partial charge is 0.483 e. The van der Waals surface area contributed by atoms with Gasteiger partial charge in [-0.05, 0) is 49.2 Å². The molecule has 0 saturated carbocycles. The van der Waals surface area contributed by atoms with Crippen LogP contribution in [0.15, 0.2) is 42.5 Å². The summed E-state index contributed by atoms with van der Waals surface area (Å²) in [6, 6.07) is 12.7. The zero-order valence-electron chi connectivity index (χ0n) is 13.5. The molecule has 2 amide bonds. The van der Waals surface area contributed by atoms with Crippen molar-refractivity contribution in [2.75, 3.05) is 17.2 Å². The summed E-state index contributed by atoms with van der Waals surface area (Å²) in [4.78, 5) is 23.0. The van der Waals surface area contributed by atoms with Gasteiger partial charge < -0.3 is 15.4 Å². The minimum atomic E-state index is -0.258. The molecule has 2 N–H and O–H groups in total. The topological polar surface area (TPSA) is 67.4 Å². The van der Waals surface area contributed by atoms with Crippen molar-refractivity contribution in [1.82, 2.24) is 0 Å². The Kier molecular flexibility index (Phi) is 5.36. The molecule has 5 heteroatoms. The SMILES string of the molecule is CC(=O)Nc1cccc(NC(=O)COc2cccc(C)c2C)c1. The van der Waals surface area contributed by atoms with Gasteiger partial charge in [0.05, 0.1) is 0 Å². The molecular formula is C18H20N2O3. The third-order valence-electron chi connectivity index (χ3n) is 3.38. The summed E-state index contributed by atoms with van der Waals surface area (Å²) in [6.07, 6.45) is 0. The lowest BCUT2D eigenvalue weighted by Gasteiger charge is -2.11. The number of hydrogen-bond donors (Lipinski definition) is 2. The van der Waals surface area contributed by atoms with Crippen LogP contribution in [0.2, 0.25) is 0 Å². The Morgan fingerprint density at radius 1 is 1.00 bits per heavy atom. The summed E-state index contributed by atoms with van der Waals surface area (Å²) in [6.45, 7) is 5.31. The molecule has 0 radical (unpaired) electrons. The van der Waals surface area contributed by atoms with Gasteiger partial charge in [-0.2, -0.15) is 0 Å². The average molecular weight is 312 g/mol. The van der Waals surface area contributed by atoms with Gasteiger partial charge in [0.15, 0.2) is 6.61 Å². The van der Waals surface area contributed by atoms with E-state index in [1.807, 2.05) is 32.0 Å². The number of carbonyl (C=O) groups excluding carboxylic acids is 2. The Labute approximate surface area is 135 Å². The quantitative estimate of drug-likeness (QED) is 0.890. The molecule has 0 aliphatic rings. The van der Waals surface area contributed by atoms with Gasteiger partial charge in [-0.1, -0.05) is 18.2 Å². The summed E-state index contributed by atoms with van der Waals surface area (Å²) < 4.78 is 5.56. The van der Waals surface area contributed by atoms with Gasteiger partial charge in [0, 0.05) is 18.3 Å². The second kappa shape index (κ2) is 7.45. The lowest BCUT2D eigenvalue weighted by atomic mass is 10.1. The maximum Gasteiger partial charge on any atom is 0.262 e. The van der Waals surface area contributed by atoms with Gasteiger partial charge in [-0.25, -0.2) is 0 Å². The second-order valence-electron chi connectivity index (χ2n) is 5.30. The standard InChI is InChI=1S/C18H20N2O3/c1-12-6-4-9-17(13(12)2)23-11-18(22)20-16-8-5-7-15(10-16)19-14(3)21/h4-10H,11H2,1-3H3,(H,19,21)(H,20,22). The lowest BCUT2D eigenvalue weighted by Crippen LogP contribution is -2.20. The highest BCUT2D eigenvalue weighted by Gasteiger charge is 2.07. The molecule has 5 nitrogen and oxygen atoms in total. The van der Waals surface area contributed by atoms with Gasteiger partial charge >= 0.3 is 0 Å². The maximum atomic E-state index is 12.0. The first kappa shape index (κ1) is 16.5. The van der Waals surface area contributed by atoms with Crippen LogP contribution in [0.25, 0.3) is 0 Å². The lowest BCUT2D eigenvalue weighted by molar-refractivity contribution is -0.118. The Morgan fingerprint density at radius 3 is 2.35 bits per heavy atom. The average Bonchev–Trinajstić information content (AvgIpc) is 2.48. The van der Waals surface area contributed by atoms with Gasteiger partial charge in [-0.15, -0.1) is 0 Å². The van der Waals surface area contributed by atoms with Crippen LogP contribution in [-0.2, 0) is 9.59 Å². The van der Waals surface area contributed by atoms with Crippen LogP contribution in [0.3, 0.4) is 0 Å². The molecular weight excluding hydrogens is 292 g/mol. The number of nitrogens with one attached hydrogen (secondary N) is 2. The molecule has 0 aromatic heterocycles. The van der Waals surface area contributed by atoms with Gasteiger partial charge in [0.1, 0.15) is 5.75 Å². The first-order valence-electron chi connectivity index (χ1n) is 7.32. The van der Waals surface area contributed by atoms with Crippen molar-refractivity contribution in [3.63, 3.8) is 0 Å². The number of aryl methyl sites for hydroxylation is 1. The summed E-state index contributed by atoms with van der Waals surface area (Å²) in [7, 11) is 0. The van der Waals surface area contributed by atoms with Crippen LogP contribution in [0.4, 0.5) is 11.4 Å². The molecule has 0 aliphatic carbocycles. The van der Waals surface area contributed by atoms with E-state index in [4.69, 9.17) is 4.74 Å². The third kappa shape index (κ3) is 4.85. The Hall–Kier alpha value is -2.82. The van der Waals surface area contributed by atoms with Crippen LogP contribution in [0.5, 0.6) is 5.75 Å². The molecule has 23 heavy (non-hydrogen) atoms. The molecule has 0 aliphatic heterocycles. The molecule has 0 heterocycles. The van der Waals surface area contributed by atoms with Crippen LogP contribution >= 0.6 is 0 Å². The Morgan fingerprint density at radius 2 is 1.65 bits per heavy atom. The van der Waals surface area contributed by atoms with Gasteiger partial charge in [-0.3, -0.25) is 9.59 Å². The summed E-state index contributed by atoms with van der Waals surface area (Å²) >= 11 is 0. The molecule has 120 valence electrons. The van der Waals surface area contributed by atoms with E-state index in [1.165, 1.54) is 6.92 Å². The highest BCUT2D eigenvalue weighted by atomic mass is 16.5. The fourth-order valence-corrected chi connectivity index (χ4v) is 2.10. The van der Waals surface area contributed by atoms with Crippen LogP contribution in [0.1, 0.15) is 18.1 Å². The summed E-state index contributed by atoms with van der Waals surface area (Å²) in [5, 5.41) is 5.41. The van der Waals surface area contributed by atoms with Crippen LogP contribution < -0.4 is 15.4 Å². The van der Waals surface area contributed by atoms with E-state index in [9.17, 15) is 9.59 Å². The van der Waals surface area contributed by atoms with E-state index in [1.54, 1.807) is 24.3 Å². The minimum absolute atomic E-state index is 0.0747. The smallest absolute Gasteiger partial charge is 0.262 e. The highest BCUT2D eigenvalue weighted by molar-refractivity contribution is 5.94. The van der Waals surface area contributed by atoms with Crippen LogP contribution in [-0.4, -0.2) is 18.4 Å². The fourth-order valence-electron chi connectivity index (χ4n) is 2.10. The molecule has 0 saturated heterocycles. The molecule has 0 unspecified atom stereocenters. The van der Waals surface area contributed by atoms with E-state index in [-0.39, 0.29) is 18.4 Å². The number of hydrogen-bond acceptors (Lipinski definition) is 3. The van der Waals surface area contributed by atoms with E-state index in [0.717, 1.165) is 11.1 Å². The monoisotopic (exact) mass is 312 g/mol. The van der Waals surface area contributed by atoms with Crippen molar-refractivity contribution < 1.29 is 14.3 Å². The number of rotatable bonds is 5. The Bertz CT molecular complexity index is 726. The molecule has 0 atom stereocenters. The molecule has 0 bridgehead atoms. The second-order valence-corrected chi connectivity index (χ2v) is 5.30. The molecule has 2 rings (SSSR count).